The van der Waals surface area contributed by atoms with Gasteiger partial charge in [-0.15, -0.1) is 0 Å². The number of piperidine rings is 1. The van der Waals surface area contributed by atoms with Crippen LogP contribution >= 0.6 is 0 Å². The third-order valence-corrected chi connectivity index (χ3v) is 5.44. The number of nitriles is 1. The third kappa shape index (κ3) is 5.57. The Kier molecular flexibility index (Phi) is 6.07. The number of rotatable bonds is 5. The van der Waals surface area contributed by atoms with Crippen molar-refractivity contribution in [2.75, 3.05) is 19.7 Å². The Hall–Kier alpha value is -2.36. The maximum atomic E-state index is 12.2. The molecule has 1 aromatic rings. The lowest BCUT2D eigenvalue weighted by atomic mass is 9.90. The molecule has 152 valence electrons. The van der Waals surface area contributed by atoms with Crippen LogP contribution in [-0.4, -0.2) is 46.3 Å². The Labute approximate surface area is 167 Å². The highest BCUT2D eigenvalue weighted by Crippen LogP contribution is 2.49. The Morgan fingerprint density at radius 3 is 2.68 bits per heavy atom. The molecule has 2 aliphatic rings. The number of aromatic nitrogens is 2. The van der Waals surface area contributed by atoms with Crippen molar-refractivity contribution in [3.8, 4) is 11.9 Å². The van der Waals surface area contributed by atoms with Crippen LogP contribution in [0.2, 0.25) is 0 Å². The van der Waals surface area contributed by atoms with Crippen LogP contribution in [0.3, 0.4) is 0 Å². The number of ether oxygens (including phenoxy) is 2. The third-order valence-electron chi connectivity index (χ3n) is 5.44. The first kappa shape index (κ1) is 20.4. The molecule has 1 aliphatic carbocycles. The molecular formula is C21H30N4O3. The summed E-state index contributed by atoms with van der Waals surface area (Å²) in [6.07, 6.45) is 4.16. The first-order valence-electron chi connectivity index (χ1n) is 10.1. The number of hydrogen-bond acceptors (Lipinski definition) is 6. The smallest absolute Gasteiger partial charge is 0.410 e. The predicted molar refractivity (Wildman–Crippen MR) is 104 cm³/mol. The zero-order valence-electron chi connectivity index (χ0n) is 17.3. The van der Waals surface area contributed by atoms with Crippen LogP contribution in [0.4, 0.5) is 4.79 Å². The van der Waals surface area contributed by atoms with E-state index < -0.39 is 5.60 Å². The summed E-state index contributed by atoms with van der Waals surface area (Å²) < 4.78 is 11.2. The van der Waals surface area contributed by atoms with Crippen LogP contribution in [0.15, 0.2) is 6.07 Å². The second-order valence-corrected chi connectivity index (χ2v) is 8.85. The summed E-state index contributed by atoms with van der Waals surface area (Å²) in [5, 5.41) is 8.97. The summed E-state index contributed by atoms with van der Waals surface area (Å²) in [6.45, 7) is 9.65. The van der Waals surface area contributed by atoms with Crippen molar-refractivity contribution in [2.45, 2.75) is 59.0 Å². The van der Waals surface area contributed by atoms with Gasteiger partial charge in [0, 0.05) is 19.2 Å². The lowest BCUT2D eigenvalue weighted by molar-refractivity contribution is 0.0174. The first-order chi connectivity index (χ1) is 13.2. The molecule has 2 heterocycles. The SMILES string of the molecule is Cc1nc(C#N)cc(OCC[C@@H]2C[C@@H]2C2CCN(C(=O)OC(C)(C)C)CC2)n1. The number of carbonyl (C=O) groups is 1. The minimum atomic E-state index is -0.439. The van der Waals surface area contributed by atoms with Gasteiger partial charge in [0.05, 0.1) is 6.61 Å². The van der Waals surface area contributed by atoms with Gasteiger partial charge in [-0.1, -0.05) is 0 Å². The molecule has 28 heavy (non-hydrogen) atoms. The average molecular weight is 386 g/mol. The number of amides is 1. The molecule has 0 spiro atoms. The van der Waals surface area contributed by atoms with Crippen molar-refractivity contribution in [1.29, 1.82) is 5.26 Å². The molecule has 1 saturated heterocycles. The van der Waals surface area contributed by atoms with E-state index in [0.29, 0.717) is 35.8 Å². The molecule has 0 N–H and O–H groups in total. The monoisotopic (exact) mass is 386 g/mol. The number of aryl methyl sites for hydroxylation is 1. The van der Waals surface area contributed by atoms with Crippen LogP contribution in [0.5, 0.6) is 5.88 Å². The van der Waals surface area contributed by atoms with Crippen molar-refractivity contribution in [3.05, 3.63) is 17.6 Å². The minimum absolute atomic E-state index is 0.191. The van der Waals surface area contributed by atoms with Gasteiger partial charge in [0.1, 0.15) is 23.2 Å². The summed E-state index contributed by atoms with van der Waals surface area (Å²) in [7, 11) is 0. The van der Waals surface area contributed by atoms with E-state index in [4.69, 9.17) is 14.7 Å². The van der Waals surface area contributed by atoms with Gasteiger partial charge in [-0.2, -0.15) is 10.2 Å². The quantitative estimate of drug-likeness (QED) is 0.766. The molecule has 0 aromatic carbocycles. The van der Waals surface area contributed by atoms with Crippen LogP contribution in [-0.2, 0) is 4.74 Å². The van der Waals surface area contributed by atoms with Gasteiger partial charge < -0.3 is 14.4 Å². The van der Waals surface area contributed by atoms with E-state index in [1.807, 2.05) is 31.7 Å². The van der Waals surface area contributed by atoms with Crippen LogP contribution < -0.4 is 4.74 Å². The van der Waals surface area contributed by atoms with Gasteiger partial charge in [-0.25, -0.2) is 9.78 Å². The molecule has 0 bridgehead atoms. The molecule has 3 rings (SSSR count). The van der Waals surface area contributed by atoms with E-state index >= 15 is 0 Å². The van der Waals surface area contributed by atoms with E-state index in [9.17, 15) is 4.79 Å². The zero-order chi connectivity index (χ0) is 20.3. The fourth-order valence-corrected chi connectivity index (χ4v) is 4.00. The van der Waals surface area contributed by atoms with Crippen molar-refractivity contribution < 1.29 is 14.3 Å². The van der Waals surface area contributed by atoms with Crippen molar-refractivity contribution in [1.82, 2.24) is 14.9 Å². The van der Waals surface area contributed by atoms with Crippen LogP contribution in [0.1, 0.15) is 58.0 Å². The van der Waals surface area contributed by atoms with Gasteiger partial charge in [0.2, 0.25) is 5.88 Å². The van der Waals surface area contributed by atoms with Crippen LogP contribution in [0.25, 0.3) is 0 Å². The van der Waals surface area contributed by atoms with Crippen LogP contribution in [0, 0.1) is 36.0 Å². The molecule has 7 nitrogen and oxygen atoms in total. The van der Waals surface area contributed by atoms with E-state index in [1.165, 1.54) is 6.42 Å². The lowest BCUT2D eigenvalue weighted by Crippen LogP contribution is -2.42. The fraction of sp³-hybridized carbons (Fsp3) is 0.714. The minimum Gasteiger partial charge on any atom is -0.478 e. The molecule has 0 radical (unpaired) electrons. The number of nitrogens with zero attached hydrogens (tertiary/aromatic N) is 4. The zero-order valence-corrected chi connectivity index (χ0v) is 17.3. The summed E-state index contributed by atoms with van der Waals surface area (Å²) in [4.78, 5) is 22.3. The highest BCUT2D eigenvalue weighted by molar-refractivity contribution is 5.68. The number of hydrogen-bond donors (Lipinski definition) is 0. The highest BCUT2D eigenvalue weighted by Gasteiger charge is 2.43. The van der Waals surface area contributed by atoms with E-state index in [1.54, 1.807) is 13.0 Å². The topological polar surface area (TPSA) is 88.3 Å². The highest BCUT2D eigenvalue weighted by atomic mass is 16.6. The van der Waals surface area contributed by atoms with Gasteiger partial charge in [-0.3, -0.25) is 0 Å². The first-order valence-corrected chi connectivity index (χ1v) is 10.1. The van der Waals surface area contributed by atoms with Gasteiger partial charge in [0.25, 0.3) is 0 Å². The molecule has 1 aromatic heterocycles. The van der Waals surface area contributed by atoms with Gasteiger partial charge in [-0.05, 0) is 71.1 Å². The molecule has 7 heteroatoms. The second-order valence-electron chi connectivity index (χ2n) is 8.85. The fourth-order valence-electron chi connectivity index (χ4n) is 4.00. The molecule has 1 saturated carbocycles. The Balaban J connectivity index is 1.37. The molecule has 1 amide bonds. The molecule has 2 fully saturated rings. The standard InChI is InChI=1S/C21H30N4O3/c1-14-23-17(13-22)12-19(24-14)27-10-7-16-11-18(16)15-5-8-25(9-6-15)20(26)28-21(2,3)4/h12,15-16,18H,5-11H2,1-4H3/t16-,18-/m1/s1. The van der Waals surface area contributed by atoms with E-state index in [2.05, 4.69) is 9.97 Å². The van der Waals surface area contributed by atoms with Crippen molar-refractivity contribution in [3.63, 3.8) is 0 Å². The predicted octanol–water partition coefficient (Wildman–Crippen LogP) is 3.71. The number of likely N-dealkylation sites (tertiary alicyclic amines) is 1. The van der Waals surface area contributed by atoms with E-state index in [-0.39, 0.29) is 6.09 Å². The van der Waals surface area contributed by atoms with Crippen molar-refractivity contribution in [2.24, 2.45) is 17.8 Å². The molecule has 1 aliphatic heterocycles. The summed E-state index contributed by atoms with van der Waals surface area (Å²) >= 11 is 0. The van der Waals surface area contributed by atoms with Gasteiger partial charge in [0.15, 0.2) is 0 Å². The molecule has 0 unspecified atom stereocenters. The maximum absolute atomic E-state index is 12.2. The lowest BCUT2D eigenvalue weighted by Gasteiger charge is -2.33. The summed E-state index contributed by atoms with van der Waals surface area (Å²) in [6, 6.07) is 3.61. The average Bonchev–Trinajstić information content (AvgIpc) is 3.39. The van der Waals surface area contributed by atoms with Gasteiger partial charge >= 0.3 is 6.09 Å². The summed E-state index contributed by atoms with van der Waals surface area (Å²) in [5.41, 5.74) is -0.102. The Bertz CT molecular complexity index is 745. The Morgan fingerprint density at radius 2 is 2.04 bits per heavy atom. The van der Waals surface area contributed by atoms with E-state index in [0.717, 1.165) is 38.3 Å². The Morgan fingerprint density at radius 1 is 1.32 bits per heavy atom. The maximum Gasteiger partial charge on any atom is 0.410 e. The van der Waals surface area contributed by atoms with Crippen molar-refractivity contribution >= 4 is 6.09 Å². The molecule has 2 atom stereocenters. The number of carbonyl (C=O) groups excluding carboxylic acids is 1. The normalized spacial score (nSPS) is 22.5. The second kappa shape index (κ2) is 8.34. The largest absolute Gasteiger partial charge is 0.478 e. The molecular weight excluding hydrogens is 356 g/mol. The summed E-state index contributed by atoms with van der Waals surface area (Å²) in [5.74, 6) is 3.15.